The molecule has 0 saturated carbocycles. The monoisotopic (exact) mass is 217 g/mol. The van der Waals surface area contributed by atoms with Crippen molar-refractivity contribution in [1.29, 1.82) is 0 Å². The van der Waals surface area contributed by atoms with E-state index in [9.17, 15) is 10.1 Å². The van der Waals surface area contributed by atoms with E-state index in [1.807, 2.05) is 20.8 Å². The minimum absolute atomic E-state index is 0.0856. The topological polar surface area (TPSA) is 61.0 Å². The van der Waals surface area contributed by atoms with Crippen LogP contribution in [0.2, 0.25) is 5.02 Å². The second-order valence-electron chi connectivity index (χ2n) is 3.52. The molecule has 6 heteroatoms. The predicted molar refractivity (Wildman–Crippen MR) is 53.4 cm³/mol. The molecule has 1 aromatic heterocycles. The van der Waals surface area contributed by atoms with Gasteiger partial charge in [0, 0.05) is 0 Å². The van der Waals surface area contributed by atoms with Crippen LogP contribution >= 0.6 is 11.6 Å². The van der Waals surface area contributed by atoms with E-state index in [2.05, 4.69) is 5.10 Å². The van der Waals surface area contributed by atoms with E-state index in [1.165, 1.54) is 10.9 Å². The fourth-order valence-electron chi connectivity index (χ4n) is 0.998. The zero-order chi connectivity index (χ0) is 10.9. The van der Waals surface area contributed by atoms with Gasteiger partial charge in [-0.3, -0.25) is 0 Å². The lowest BCUT2D eigenvalue weighted by Crippen LogP contribution is -2.12. The summed E-state index contributed by atoms with van der Waals surface area (Å²) in [6, 6.07) is 0.0983. The van der Waals surface area contributed by atoms with Crippen LogP contribution in [0, 0.1) is 16.0 Å². The largest absolute Gasteiger partial charge is 0.408 e. The number of rotatable bonds is 3. The molecule has 0 aliphatic carbocycles. The highest BCUT2D eigenvalue weighted by Crippen LogP contribution is 2.25. The summed E-state index contributed by atoms with van der Waals surface area (Å²) in [5, 5.41) is 14.4. The lowest BCUT2D eigenvalue weighted by atomic mass is 10.1. The van der Waals surface area contributed by atoms with Gasteiger partial charge in [-0.1, -0.05) is 25.4 Å². The molecule has 0 aliphatic rings. The molecule has 0 N–H and O–H groups in total. The van der Waals surface area contributed by atoms with Crippen molar-refractivity contribution in [2.75, 3.05) is 0 Å². The zero-order valence-corrected chi connectivity index (χ0v) is 9.02. The van der Waals surface area contributed by atoms with Crippen molar-refractivity contribution < 1.29 is 4.92 Å². The first kappa shape index (κ1) is 11.0. The molecule has 1 unspecified atom stereocenters. The van der Waals surface area contributed by atoms with E-state index in [1.54, 1.807) is 0 Å². The highest BCUT2D eigenvalue weighted by molar-refractivity contribution is 6.32. The van der Waals surface area contributed by atoms with Gasteiger partial charge in [0.2, 0.25) is 0 Å². The van der Waals surface area contributed by atoms with Gasteiger partial charge in [-0.05, 0) is 17.8 Å². The third-order valence-corrected chi connectivity index (χ3v) is 2.49. The predicted octanol–water partition coefficient (Wildman–Crippen LogP) is 2.66. The highest BCUT2D eigenvalue weighted by Gasteiger charge is 2.22. The molecule has 14 heavy (non-hydrogen) atoms. The van der Waals surface area contributed by atoms with Gasteiger partial charge in [0.25, 0.3) is 0 Å². The Kier molecular flexibility index (Phi) is 3.10. The molecule has 0 radical (unpaired) electrons. The molecule has 5 nitrogen and oxygen atoms in total. The Balaban J connectivity index is 3.02. The molecule has 78 valence electrons. The number of nitro groups is 1. The standard InChI is InChI=1S/C8H12ClN3O2/c1-5(2)6(3)11-4-7(9)8(10-11)12(13)14/h4-6H,1-3H3. The van der Waals surface area contributed by atoms with Crippen LogP contribution in [0.4, 0.5) is 5.82 Å². The van der Waals surface area contributed by atoms with Crippen molar-refractivity contribution in [2.24, 2.45) is 5.92 Å². The normalized spacial score (nSPS) is 13.2. The average molecular weight is 218 g/mol. The van der Waals surface area contributed by atoms with Crippen molar-refractivity contribution in [1.82, 2.24) is 9.78 Å². The van der Waals surface area contributed by atoms with Gasteiger partial charge in [0.1, 0.15) is 0 Å². The Morgan fingerprint density at radius 1 is 1.57 bits per heavy atom. The quantitative estimate of drug-likeness (QED) is 0.578. The van der Waals surface area contributed by atoms with Gasteiger partial charge in [0.15, 0.2) is 5.02 Å². The maximum absolute atomic E-state index is 10.5. The molecule has 0 aliphatic heterocycles. The Hall–Kier alpha value is -1.10. The van der Waals surface area contributed by atoms with E-state index < -0.39 is 4.92 Å². The van der Waals surface area contributed by atoms with Crippen LogP contribution in [-0.2, 0) is 0 Å². The van der Waals surface area contributed by atoms with E-state index in [0.29, 0.717) is 5.92 Å². The summed E-state index contributed by atoms with van der Waals surface area (Å²) in [6.07, 6.45) is 1.49. The second kappa shape index (κ2) is 3.96. The lowest BCUT2D eigenvalue weighted by molar-refractivity contribution is -0.389. The molecule has 0 bridgehead atoms. The number of hydrogen-bond donors (Lipinski definition) is 0. The van der Waals surface area contributed by atoms with E-state index in [4.69, 9.17) is 11.6 Å². The molecule has 0 aromatic carbocycles. The fourth-order valence-corrected chi connectivity index (χ4v) is 1.20. The molecular formula is C8H12ClN3O2. The summed E-state index contributed by atoms with van der Waals surface area (Å²) >= 11 is 5.66. The van der Waals surface area contributed by atoms with Crippen molar-refractivity contribution >= 4 is 17.4 Å². The van der Waals surface area contributed by atoms with Gasteiger partial charge in [0.05, 0.1) is 17.3 Å². The summed E-state index contributed by atoms with van der Waals surface area (Å²) < 4.78 is 1.53. The average Bonchev–Trinajstić information content (AvgIpc) is 2.45. The molecule has 1 atom stereocenters. The van der Waals surface area contributed by atoms with Crippen molar-refractivity contribution in [3.05, 3.63) is 21.3 Å². The first-order valence-corrected chi connectivity index (χ1v) is 4.70. The van der Waals surface area contributed by atoms with Gasteiger partial charge in [-0.2, -0.15) is 4.68 Å². The van der Waals surface area contributed by atoms with E-state index >= 15 is 0 Å². The molecule has 0 amide bonds. The first-order chi connectivity index (χ1) is 6.43. The molecular weight excluding hydrogens is 206 g/mol. The lowest BCUT2D eigenvalue weighted by Gasteiger charge is -2.11. The maximum atomic E-state index is 10.5. The number of halogens is 1. The summed E-state index contributed by atoms with van der Waals surface area (Å²) in [6.45, 7) is 5.98. The summed E-state index contributed by atoms with van der Waals surface area (Å²) in [4.78, 5) is 9.90. The summed E-state index contributed by atoms with van der Waals surface area (Å²) in [5.74, 6) is 0.0738. The van der Waals surface area contributed by atoms with Gasteiger partial charge in [-0.15, -0.1) is 0 Å². The Morgan fingerprint density at radius 3 is 2.50 bits per heavy atom. The van der Waals surface area contributed by atoms with Crippen molar-refractivity contribution in [3.8, 4) is 0 Å². The minimum Gasteiger partial charge on any atom is -0.358 e. The first-order valence-electron chi connectivity index (χ1n) is 4.32. The molecule has 1 heterocycles. The third kappa shape index (κ3) is 2.04. The Labute approximate surface area is 86.8 Å². The summed E-state index contributed by atoms with van der Waals surface area (Å²) in [7, 11) is 0. The van der Waals surface area contributed by atoms with Gasteiger partial charge >= 0.3 is 5.82 Å². The number of aromatic nitrogens is 2. The van der Waals surface area contributed by atoms with Crippen LogP contribution < -0.4 is 0 Å². The molecule has 0 saturated heterocycles. The third-order valence-electron chi connectivity index (χ3n) is 2.22. The molecule has 0 spiro atoms. The van der Waals surface area contributed by atoms with Crippen LogP contribution in [0.15, 0.2) is 6.20 Å². The van der Waals surface area contributed by atoms with Crippen LogP contribution in [0.1, 0.15) is 26.8 Å². The second-order valence-corrected chi connectivity index (χ2v) is 3.93. The van der Waals surface area contributed by atoms with Gasteiger partial charge < -0.3 is 10.1 Å². The number of nitrogens with zero attached hydrogens (tertiary/aromatic N) is 3. The van der Waals surface area contributed by atoms with Crippen molar-refractivity contribution in [2.45, 2.75) is 26.8 Å². The van der Waals surface area contributed by atoms with Crippen LogP contribution in [0.5, 0.6) is 0 Å². The van der Waals surface area contributed by atoms with Crippen LogP contribution in [0.25, 0.3) is 0 Å². The molecule has 0 fully saturated rings. The van der Waals surface area contributed by atoms with E-state index in [-0.39, 0.29) is 16.9 Å². The van der Waals surface area contributed by atoms with Crippen molar-refractivity contribution in [3.63, 3.8) is 0 Å². The summed E-state index contributed by atoms with van der Waals surface area (Å²) in [5.41, 5.74) is 0. The number of hydrogen-bond acceptors (Lipinski definition) is 3. The zero-order valence-electron chi connectivity index (χ0n) is 8.27. The van der Waals surface area contributed by atoms with Crippen LogP contribution in [-0.4, -0.2) is 14.7 Å². The highest BCUT2D eigenvalue weighted by atomic mass is 35.5. The Bertz CT molecular complexity index is 348. The maximum Gasteiger partial charge on any atom is 0.408 e. The van der Waals surface area contributed by atoms with Gasteiger partial charge in [-0.25, -0.2) is 0 Å². The minimum atomic E-state index is -0.578. The molecule has 1 aromatic rings. The Morgan fingerprint density at radius 2 is 2.14 bits per heavy atom. The fraction of sp³-hybridized carbons (Fsp3) is 0.625. The SMILES string of the molecule is CC(C)C(C)n1cc(Cl)c([N+](=O)[O-])n1. The van der Waals surface area contributed by atoms with Crippen LogP contribution in [0.3, 0.4) is 0 Å². The van der Waals surface area contributed by atoms with E-state index in [0.717, 1.165) is 0 Å². The smallest absolute Gasteiger partial charge is 0.358 e. The molecule has 1 rings (SSSR count).